The Morgan fingerprint density at radius 2 is 1.82 bits per heavy atom. The first-order valence-corrected chi connectivity index (χ1v) is 7.05. The van der Waals surface area contributed by atoms with Gasteiger partial charge in [-0.3, -0.25) is 4.79 Å². The van der Waals surface area contributed by atoms with Crippen LogP contribution in [0.4, 0.5) is 0 Å². The highest BCUT2D eigenvalue weighted by Gasteiger charge is 2.41. The van der Waals surface area contributed by atoms with Crippen LogP contribution < -0.4 is 0 Å². The van der Waals surface area contributed by atoms with E-state index in [-0.39, 0.29) is 5.92 Å². The zero-order valence-corrected chi connectivity index (χ0v) is 11.6. The number of hydrogen-bond acceptors (Lipinski definition) is 2. The van der Waals surface area contributed by atoms with E-state index in [0.29, 0.717) is 23.9 Å². The quantitative estimate of drug-likeness (QED) is 0.734. The summed E-state index contributed by atoms with van der Waals surface area (Å²) in [4.78, 5) is 16.8. The third-order valence-corrected chi connectivity index (χ3v) is 4.37. The van der Waals surface area contributed by atoms with Crippen LogP contribution in [0.25, 0.3) is 0 Å². The van der Waals surface area contributed by atoms with E-state index in [9.17, 15) is 4.79 Å². The van der Waals surface area contributed by atoms with Crippen LogP contribution in [0.5, 0.6) is 0 Å². The van der Waals surface area contributed by atoms with Crippen molar-refractivity contribution in [3.63, 3.8) is 0 Å². The molecule has 0 aromatic carbocycles. The topological polar surface area (TPSA) is 23.6 Å². The number of rotatable bonds is 2. The lowest BCUT2D eigenvalue weighted by Crippen LogP contribution is -2.50. The van der Waals surface area contributed by atoms with E-state index in [2.05, 4.69) is 23.6 Å². The summed E-state index contributed by atoms with van der Waals surface area (Å²) >= 11 is 0. The number of hydrogen-bond donors (Lipinski definition) is 0. The number of fused-ring (bicyclic) bond motifs is 1. The molecule has 2 rings (SSSR count). The first kappa shape index (κ1) is 12.9. The van der Waals surface area contributed by atoms with Crippen LogP contribution in [0.3, 0.4) is 0 Å². The number of nitrogens with zero attached hydrogens (tertiary/aromatic N) is 2. The predicted molar refractivity (Wildman–Crippen MR) is 69.8 cm³/mol. The summed E-state index contributed by atoms with van der Waals surface area (Å²) in [5.74, 6) is 1.22. The van der Waals surface area contributed by atoms with E-state index in [0.717, 1.165) is 13.1 Å². The molecule has 0 radical (unpaired) electrons. The van der Waals surface area contributed by atoms with E-state index in [1.807, 2.05) is 13.8 Å². The second kappa shape index (κ2) is 4.97. The molecule has 0 saturated carbocycles. The molecule has 0 N–H and O–H groups in total. The van der Waals surface area contributed by atoms with Crippen molar-refractivity contribution in [1.82, 2.24) is 9.80 Å². The van der Waals surface area contributed by atoms with Crippen LogP contribution in [-0.2, 0) is 4.79 Å². The molecule has 0 spiro atoms. The summed E-state index contributed by atoms with van der Waals surface area (Å²) in [7, 11) is 0. The first-order chi connectivity index (χ1) is 8.00. The molecule has 3 heteroatoms. The van der Waals surface area contributed by atoms with Crippen LogP contribution in [0, 0.1) is 11.8 Å². The Morgan fingerprint density at radius 1 is 1.12 bits per heavy atom. The average molecular weight is 238 g/mol. The number of amides is 1. The van der Waals surface area contributed by atoms with Crippen molar-refractivity contribution in [1.29, 1.82) is 0 Å². The number of carbonyl (C=O) groups is 1. The van der Waals surface area contributed by atoms with Gasteiger partial charge in [0.05, 0.1) is 0 Å². The van der Waals surface area contributed by atoms with Crippen molar-refractivity contribution in [2.45, 2.75) is 52.6 Å². The molecule has 2 saturated heterocycles. The Balaban J connectivity index is 1.99. The summed E-state index contributed by atoms with van der Waals surface area (Å²) in [6.45, 7) is 11.9. The van der Waals surface area contributed by atoms with Crippen molar-refractivity contribution in [3.05, 3.63) is 0 Å². The summed E-state index contributed by atoms with van der Waals surface area (Å²) in [5, 5.41) is 0. The van der Waals surface area contributed by atoms with Gasteiger partial charge >= 0.3 is 0 Å². The predicted octanol–water partition coefficient (Wildman–Crippen LogP) is 1.97. The SMILES string of the molecule is CC(C)C(=O)N1CCC2CN(C(C)C)CCC21. The Labute approximate surface area is 105 Å². The molecule has 2 heterocycles. The molecule has 0 aromatic rings. The number of piperidine rings is 1. The molecule has 0 bridgehead atoms. The molecular formula is C14H26N2O. The van der Waals surface area contributed by atoms with Crippen molar-refractivity contribution >= 4 is 5.91 Å². The maximum absolute atomic E-state index is 12.1. The van der Waals surface area contributed by atoms with Crippen molar-refractivity contribution in [2.75, 3.05) is 19.6 Å². The molecule has 2 fully saturated rings. The van der Waals surface area contributed by atoms with Gasteiger partial charge in [0.15, 0.2) is 0 Å². The van der Waals surface area contributed by atoms with Crippen molar-refractivity contribution in [2.24, 2.45) is 11.8 Å². The molecule has 0 aliphatic carbocycles. The fourth-order valence-corrected chi connectivity index (χ4v) is 3.29. The lowest BCUT2D eigenvalue weighted by atomic mass is 9.92. The molecule has 0 aromatic heterocycles. The molecule has 3 nitrogen and oxygen atoms in total. The van der Waals surface area contributed by atoms with Gasteiger partial charge in [0.2, 0.25) is 5.91 Å². The second-order valence-electron chi connectivity index (χ2n) is 6.18. The number of carbonyl (C=O) groups excluding carboxylic acids is 1. The highest BCUT2D eigenvalue weighted by Crippen LogP contribution is 2.32. The third-order valence-electron chi connectivity index (χ3n) is 4.37. The molecule has 17 heavy (non-hydrogen) atoms. The highest BCUT2D eigenvalue weighted by atomic mass is 16.2. The van der Waals surface area contributed by atoms with Gasteiger partial charge in [-0.2, -0.15) is 0 Å². The van der Waals surface area contributed by atoms with E-state index in [1.165, 1.54) is 19.4 Å². The van der Waals surface area contributed by atoms with Crippen molar-refractivity contribution < 1.29 is 4.79 Å². The van der Waals surface area contributed by atoms with Gasteiger partial charge in [0, 0.05) is 37.6 Å². The lowest BCUT2D eigenvalue weighted by Gasteiger charge is -2.40. The normalized spacial score (nSPS) is 30.1. The monoisotopic (exact) mass is 238 g/mol. The number of likely N-dealkylation sites (tertiary alicyclic amines) is 2. The minimum absolute atomic E-state index is 0.150. The van der Waals surface area contributed by atoms with Crippen LogP contribution in [0.2, 0.25) is 0 Å². The Bertz CT molecular complexity index is 288. The Hall–Kier alpha value is -0.570. The van der Waals surface area contributed by atoms with Gasteiger partial charge in [-0.15, -0.1) is 0 Å². The van der Waals surface area contributed by atoms with E-state index < -0.39 is 0 Å². The maximum atomic E-state index is 12.1. The zero-order chi connectivity index (χ0) is 12.6. The minimum atomic E-state index is 0.150. The maximum Gasteiger partial charge on any atom is 0.225 e. The molecule has 2 aliphatic rings. The first-order valence-electron chi connectivity index (χ1n) is 7.05. The summed E-state index contributed by atoms with van der Waals surface area (Å²) in [6.07, 6.45) is 2.37. The van der Waals surface area contributed by atoms with Gasteiger partial charge in [-0.1, -0.05) is 13.8 Å². The molecule has 2 aliphatic heterocycles. The fourth-order valence-electron chi connectivity index (χ4n) is 3.29. The highest BCUT2D eigenvalue weighted by molar-refractivity contribution is 5.78. The molecule has 98 valence electrons. The van der Waals surface area contributed by atoms with Gasteiger partial charge in [-0.25, -0.2) is 0 Å². The van der Waals surface area contributed by atoms with Gasteiger partial charge in [-0.05, 0) is 32.6 Å². The summed E-state index contributed by atoms with van der Waals surface area (Å²) < 4.78 is 0. The second-order valence-corrected chi connectivity index (χ2v) is 6.18. The average Bonchev–Trinajstić information content (AvgIpc) is 2.70. The van der Waals surface area contributed by atoms with E-state index in [4.69, 9.17) is 0 Å². The minimum Gasteiger partial charge on any atom is -0.339 e. The largest absolute Gasteiger partial charge is 0.339 e. The fraction of sp³-hybridized carbons (Fsp3) is 0.929. The molecule has 2 unspecified atom stereocenters. The standard InChI is InChI=1S/C14H26N2O/c1-10(2)14(17)16-8-5-12-9-15(11(3)4)7-6-13(12)16/h10-13H,5-9H2,1-4H3. The summed E-state index contributed by atoms with van der Waals surface area (Å²) in [6, 6.07) is 1.17. The van der Waals surface area contributed by atoms with Gasteiger partial charge < -0.3 is 9.80 Å². The van der Waals surface area contributed by atoms with Crippen molar-refractivity contribution in [3.8, 4) is 0 Å². The third kappa shape index (κ3) is 2.49. The van der Waals surface area contributed by atoms with Crippen LogP contribution in [0.15, 0.2) is 0 Å². The van der Waals surface area contributed by atoms with Crippen LogP contribution in [0.1, 0.15) is 40.5 Å². The zero-order valence-electron chi connectivity index (χ0n) is 11.6. The smallest absolute Gasteiger partial charge is 0.225 e. The lowest BCUT2D eigenvalue weighted by molar-refractivity contribution is -0.136. The molecule has 2 atom stereocenters. The van der Waals surface area contributed by atoms with Gasteiger partial charge in [0.25, 0.3) is 0 Å². The Kier molecular flexibility index (Phi) is 3.76. The molecular weight excluding hydrogens is 212 g/mol. The van der Waals surface area contributed by atoms with E-state index in [1.54, 1.807) is 0 Å². The molecule has 1 amide bonds. The summed E-state index contributed by atoms with van der Waals surface area (Å²) in [5.41, 5.74) is 0. The van der Waals surface area contributed by atoms with E-state index >= 15 is 0 Å². The van der Waals surface area contributed by atoms with Crippen LogP contribution >= 0.6 is 0 Å². The Morgan fingerprint density at radius 3 is 2.41 bits per heavy atom. The van der Waals surface area contributed by atoms with Gasteiger partial charge in [0.1, 0.15) is 0 Å². The van der Waals surface area contributed by atoms with Crippen LogP contribution in [-0.4, -0.2) is 47.4 Å².